The quantitative estimate of drug-likeness (QED) is 0.226. The monoisotopic (exact) mass is 621 g/mol. The summed E-state index contributed by atoms with van der Waals surface area (Å²) in [5.41, 5.74) is 1.48. The molecule has 1 fully saturated rings. The Morgan fingerprint density at radius 3 is 2.53 bits per heavy atom. The van der Waals surface area contributed by atoms with E-state index in [0.29, 0.717) is 52.8 Å². The molecule has 5 aromatic rings. The molecule has 0 aliphatic carbocycles. The molecule has 0 spiro atoms. The Hall–Kier alpha value is -5.01. The number of ether oxygens (including phenoxy) is 1. The second-order valence-electron chi connectivity index (χ2n) is 11.8. The normalized spacial score (nSPS) is 15.6. The van der Waals surface area contributed by atoms with Gasteiger partial charge in [-0.05, 0) is 69.5 Å². The SMILES string of the molecule is CC(C)(C)OC(=O)N1CCC[C@H](n2c(=O)n(Cc3ccc(-c4nnc(C(F)F)o4)cn3)c3cc(F)c(-c4ccncc4)cc32)C1. The van der Waals surface area contributed by atoms with E-state index in [9.17, 15) is 18.4 Å². The lowest BCUT2D eigenvalue weighted by molar-refractivity contribution is 0.0172. The van der Waals surface area contributed by atoms with Crippen molar-refractivity contribution in [3.05, 3.63) is 82.9 Å². The summed E-state index contributed by atoms with van der Waals surface area (Å²) < 4.78 is 55.0. The summed E-state index contributed by atoms with van der Waals surface area (Å²) in [4.78, 5) is 37.1. The van der Waals surface area contributed by atoms with Crippen LogP contribution in [0.1, 0.15) is 57.7 Å². The summed E-state index contributed by atoms with van der Waals surface area (Å²) >= 11 is 0. The van der Waals surface area contributed by atoms with E-state index in [1.165, 1.54) is 16.8 Å². The first-order chi connectivity index (χ1) is 21.5. The molecule has 5 heterocycles. The summed E-state index contributed by atoms with van der Waals surface area (Å²) in [6, 6.07) is 9.13. The number of alkyl halides is 2. The van der Waals surface area contributed by atoms with Crippen molar-refractivity contribution < 1.29 is 27.1 Å². The first-order valence-electron chi connectivity index (χ1n) is 14.4. The number of piperidine rings is 1. The predicted molar refractivity (Wildman–Crippen MR) is 157 cm³/mol. The fourth-order valence-electron chi connectivity index (χ4n) is 5.46. The number of rotatable bonds is 6. The number of nitrogens with zero attached hydrogens (tertiary/aromatic N) is 7. The Morgan fingerprint density at radius 1 is 1.09 bits per heavy atom. The molecule has 1 aromatic carbocycles. The molecular formula is C31H30F3N7O4. The Bertz CT molecular complexity index is 1900. The summed E-state index contributed by atoms with van der Waals surface area (Å²) in [6.07, 6.45) is 2.42. The van der Waals surface area contributed by atoms with E-state index in [2.05, 4.69) is 20.2 Å². The lowest BCUT2D eigenvalue weighted by Crippen LogP contribution is -2.45. The maximum absolute atomic E-state index is 15.6. The van der Waals surface area contributed by atoms with Crippen molar-refractivity contribution in [2.24, 2.45) is 0 Å². The van der Waals surface area contributed by atoms with E-state index in [0.717, 1.165) is 0 Å². The van der Waals surface area contributed by atoms with Crippen molar-refractivity contribution in [3.8, 4) is 22.6 Å². The molecule has 11 nitrogen and oxygen atoms in total. The Morgan fingerprint density at radius 2 is 1.87 bits per heavy atom. The summed E-state index contributed by atoms with van der Waals surface area (Å²) in [5, 5.41) is 6.97. The van der Waals surface area contributed by atoms with E-state index in [1.54, 1.807) is 73.0 Å². The van der Waals surface area contributed by atoms with Crippen molar-refractivity contribution in [2.45, 2.75) is 58.2 Å². The molecule has 45 heavy (non-hydrogen) atoms. The van der Waals surface area contributed by atoms with Crippen molar-refractivity contribution in [3.63, 3.8) is 0 Å². The molecule has 0 radical (unpaired) electrons. The number of hydrogen-bond donors (Lipinski definition) is 0. The maximum atomic E-state index is 15.6. The van der Waals surface area contributed by atoms with Gasteiger partial charge in [0.05, 0.1) is 34.9 Å². The molecule has 1 atom stereocenters. The van der Waals surface area contributed by atoms with Crippen LogP contribution in [0.15, 0.2) is 64.2 Å². The molecule has 4 aromatic heterocycles. The van der Waals surface area contributed by atoms with Crippen LogP contribution in [0.4, 0.5) is 18.0 Å². The van der Waals surface area contributed by atoms with Gasteiger partial charge in [0.25, 0.3) is 5.89 Å². The lowest BCUT2D eigenvalue weighted by atomic mass is 10.0. The van der Waals surface area contributed by atoms with Crippen LogP contribution in [-0.2, 0) is 11.3 Å². The Balaban J connectivity index is 1.39. The zero-order valence-corrected chi connectivity index (χ0v) is 24.8. The largest absolute Gasteiger partial charge is 0.444 e. The third kappa shape index (κ3) is 6.17. The topological polar surface area (TPSA) is 121 Å². The minimum absolute atomic E-state index is 0.00866. The number of imidazole rings is 1. The highest BCUT2D eigenvalue weighted by molar-refractivity contribution is 5.83. The van der Waals surface area contributed by atoms with Crippen LogP contribution in [0.25, 0.3) is 33.6 Å². The maximum Gasteiger partial charge on any atom is 0.410 e. The van der Waals surface area contributed by atoms with Gasteiger partial charge in [-0.15, -0.1) is 10.2 Å². The number of amides is 1. The molecule has 0 unspecified atom stereocenters. The van der Waals surface area contributed by atoms with Crippen LogP contribution in [0.2, 0.25) is 0 Å². The third-order valence-corrected chi connectivity index (χ3v) is 7.48. The van der Waals surface area contributed by atoms with Gasteiger partial charge in [-0.3, -0.25) is 19.1 Å². The van der Waals surface area contributed by atoms with Crippen LogP contribution in [-0.4, -0.2) is 59.0 Å². The number of fused-ring (bicyclic) bond motifs is 1. The number of likely N-dealkylation sites (tertiary alicyclic amines) is 1. The number of carbonyl (C=O) groups excluding carboxylic acids is 1. The van der Waals surface area contributed by atoms with Crippen molar-refractivity contribution in [1.29, 1.82) is 0 Å². The van der Waals surface area contributed by atoms with Crippen molar-refractivity contribution in [2.75, 3.05) is 13.1 Å². The van der Waals surface area contributed by atoms with Crippen molar-refractivity contribution in [1.82, 2.24) is 34.2 Å². The standard InChI is InChI=1S/C31H30F3N7O4/c1-31(2,3)45-30(43)39-12-4-5-21(17-39)41-25-13-22(18-8-10-35-11-9-18)23(32)14-24(25)40(29(41)42)16-20-7-6-19(15-36-20)27-37-38-28(44-27)26(33)34/h6-11,13-15,21,26H,4-5,12,16-17H2,1-3H3/t21-/m0/s1. The molecule has 6 rings (SSSR count). The van der Waals surface area contributed by atoms with E-state index >= 15 is 4.39 Å². The van der Waals surface area contributed by atoms with Gasteiger partial charge in [-0.1, -0.05) is 0 Å². The van der Waals surface area contributed by atoms with Crippen LogP contribution in [0, 0.1) is 5.82 Å². The highest BCUT2D eigenvalue weighted by atomic mass is 19.3. The highest BCUT2D eigenvalue weighted by Gasteiger charge is 2.31. The number of halogens is 3. The first-order valence-corrected chi connectivity index (χ1v) is 14.4. The Kier molecular flexibility index (Phi) is 7.89. The number of hydrogen-bond acceptors (Lipinski definition) is 8. The van der Waals surface area contributed by atoms with Crippen LogP contribution >= 0.6 is 0 Å². The molecule has 1 aliphatic rings. The molecule has 0 saturated carbocycles. The fourth-order valence-corrected chi connectivity index (χ4v) is 5.46. The van der Waals surface area contributed by atoms with Gasteiger partial charge in [-0.2, -0.15) is 8.78 Å². The van der Waals surface area contributed by atoms with E-state index in [1.807, 2.05) is 0 Å². The molecule has 1 saturated heterocycles. The molecule has 0 N–H and O–H groups in total. The minimum Gasteiger partial charge on any atom is -0.444 e. The molecule has 1 aliphatic heterocycles. The van der Waals surface area contributed by atoms with Gasteiger partial charge in [0.15, 0.2) is 0 Å². The number of pyridine rings is 2. The molecule has 0 bridgehead atoms. The zero-order chi connectivity index (χ0) is 31.9. The summed E-state index contributed by atoms with van der Waals surface area (Å²) in [7, 11) is 0. The van der Waals surface area contributed by atoms with Gasteiger partial charge in [0, 0.05) is 43.3 Å². The minimum atomic E-state index is -2.90. The van der Waals surface area contributed by atoms with Crippen LogP contribution < -0.4 is 5.69 Å². The summed E-state index contributed by atoms with van der Waals surface area (Å²) in [6.45, 7) is 6.11. The number of aromatic nitrogens is 6. The van der Waals surface area contributed by atoms with E-state index < -0.39 is 41.6 Å². The lowest BCUT2D eigenvalue weighted by Gasteiger charge is -2.34. The average Bonchev–Trinajstić information content (AvgIpc) is 3.60. The highest BCUT2D eigenvalue weighted by Crippen LogP contribution is 2.32. The van der Waals surface area contributed by atoms with Crippen LogP contribution in [0.5, 0.6) is 0 Å². The summed E-state index contributed by atoms with van der Waals surface area (Å²) in [5.74, 6) is -1.43. The van der Waals surface area contributed by atoms with Gasteiger partial charge in [0.2, 0.25) is 5.89 Å². The van der Waals surface area contributed by atoms with Gasteiger partial charge < -0.3 is 14.1 Å². The third-order valence-electron chi connectivity index (χ3n) is 7.48. The number of carbonyl (C=O) groups is 1. The zero-order valence-electron chi connectivity index (χ0n) is 24.8. The smallest absolute Gasteiger partial charge is 0.410 e. The number of benzene rings is 1. The Labute approximate surface area is 255 Å². The van der Waals surface area contributed by atoms with Gasteiger partial charge in [0.1, 0.15) is 11.4 Å². The van der Waals surface area contributed by atoms with Crippen LogP contribution in [0.3, 0.4) is 0 Å². The molecule has 14 heteroatoms. The van der Waals surface area contributed by atoms with Gasteiger partial charge in [-0.25, -0.2) is 14.0 Å². The predicted octanol–water partition coefficient (Wildman–Crippen LogP) is 6.01. The first kappa shape index (κ1) is 30.0. The van der Waals surface area contributed by atoms with Gasteiger partial charge >= 0.3 is 18.2 Å². The second-order valence-corrected chi connectivity index (χ2v) is 11.8. The van der Waals surface area contributed by atoms with E-state index in [-0.39, 0.29) is 19.0 Å². The molecular weight excluding hydrogens is 591 g/mol. The van der Waals surface area contributed by atoms with E-state index in [4.69, 9.17) is 9.15 Å². The molecule has 1 amide bonds. The second kappa shape index (κ2) is 11.8. The average molecular weight is 622 g/mol. The fraction of sp³-hybridized carbons (Fsp3) is 0.355. The van der Waals surface area contributed by atoms with Crippen molar-refractivity contribution >= 4 is 17.1 Å². The molecule has 234 valence electrons.